The van der Waals surface area contributed by atoms with E-state index in [1.165, 1.54) is 6.20 Å². The van der Waals surface area contributed by atoms with Crippen molar-refractivity contribution in [3.63, 3.8) is 0 Å². The van der Waals surface area contributed by atoms with Crippen LogP contribution in [0.1, 0.15) is 59.5 Å². The highest BCUT2D eigenvalue weighted by Crippen LogP contribution is 2.34. The van der Waals surface area contributed by atoms with Gasteiger partial charge in [0.2, 0.25) is 5.95 Å². The average molecular weight is 495 g/mol. The van der Waals surface area contributed by atoms with Gasteiger partial charge >= 0.3 is 0 Å². The highest BCUT2D eigenvalue weighted by molar-refractivity contribution is 5.98. The zero-order chi connectivity index (χ0) is 25.7. The first-order chi connectivity index (χ1) is 17.4. The van der Waals surface area contributed by atoms with Gasteiger partial charge in [-0.3, -0.25) is 9.59 Å². The summed E-state index contributed by atoms with van der Waals surface area (Å²) in [6, 6.07) is 5.05. The van der Waals surface area contributed by atoms with E-state index >= 15 is 0 Å². The van der Waals surface area contributed by atoms with Crippen LogP contribution < -0.4 is 16.0 Å². The summed E-state index contributed by atoms with van der Waals surface area (Å²) in [6.07, 6.45) is 7.47. The van der Waals surface area contributed by atoms with Crippen LogP contribution in [0.15, 0.2) is 30.6 Å². The number of anilines is 2. The average Bonchev–Trinajstić information content (AvgIpc) is 3.53. The Balaban J connectivity index is 1.53. The van der Waals surface area contributed by atoms with E-state index in [1.54, 1.807) is 37.3 Å². The van der Waals surface area contributed by atoms with Gasteiger partial charge in [0.15, 0.2) is 0 Å². The van der Waals surface area contributed by atoms with Gasteiger partial charge in [-0.05, 0) is 37.6 Å². The van der Waals surface area contributed by atoms with Gasteiger partial charge in [-0.25, -0.2) is 9.97 Å². The molecular weight excluding hydrogens is 460 g/mol. The van der Waals surface area contributed by atoms with Crippen LogP contribution in [0.5, 0.6) is 0 Å². The van der Waals surface area contributed by atoms with Crippen LogP contribution >= 0.6 is 0 Å². The molecule has 0 aliphatic heterocycles. The molecule has 0 bridgehead atoms. The Kier molecular flexibility index (Phi) is 8.11. The van der Waals surface area contributed by atoms with Crippen LogP contribution in [-0.2, 0) is 0 Å². The first-order valence-corrected chi connectivity index (χ1v) is 12.4. The fourth-order valence-electron chi connectivity index (χ4n) is 4.46. The van der Waals surface area contributed by atoms with Crippen molar-refractivity contribution in [2.24, 2.45) is 0 Å². The maximum atomic E-state index is 12.9. The standard InChI is InChI=1S/C25H34N8O3/c1-4-26-14-18(15-34)29-23(35)16-9-10-21(27-12-16)30-25-28-13-17-11-20(24(36)32(2)3)33(22(17)31-25)19-7-5-6-8-19/h9-13,18-19,26,34H,4-8,14-15H2,1-3H3,(H,29,35)(H,27,28,30,31)/t18-/m0/s1. The monoisotopic (exact) mass is 494 g/mol. The fourth-order valence-corrected chi connectivity index (χ4v) is 4.46. The Morgan fingerprint density at radius 1 is 1.19 bits per heavy atom. The third-order valence-corrected chi connectivity index (χ3v) is 6.35. The molecule has 2 amide bonds. The Hall–Kier alpha value is -3.57. The van der Waals surface area contributed by atoms with Gasteiger partial charge in [0.25, 0.3) is 11.8 Å². The van der Waals surface area contributed by atoms with Gasteiger partial charge in [0, 0.05) is 44.5 Å². The number of amides is 2. The van der Waals surface area contributed by atoms with E-state index < -0.39 is 0 Å². The summed E-state index contributed by atoms with van der Waals surface area (Å²) in [4.78, 5) is 40.4. The van der Waals surface area contributed by atoms with Crippen molar-refractivity contribution in [2.45, 2.75) is 44.7 Å². The van der Waals surface area contributed by atoms with E-state index in [-0.39, 0.29) is 30.5 Å². The summed E-state index contributed by atoms with van der Waals surface area (Å²) in [5.74, 6) is 0.482. The van der Waals surface area contributed by atoms with Crippen LogP contribution in [-0.4, -0.2) is 81.2 Å². The van der Waals surface area contributed by atoms with E-state index in [0.717, 1.165) is 43.3 Å². The highest BCUT2D eigenvalue weighted by Gasteiger charge is 2.26. The largest absolute Gasteiger partial charge is 0.394 e. The van der Waals surface area contributed by atoms with Crippen LogP contribution in [0.25, 0.3) is 11.0 Å². The third kappa shape index (κ3) is 5.63. The molecule has 3 heterocycles. The van der Waals surface area contributed by atoms with E-state index in [2.05, 4.69) is 30.5 Å². The molecule has 36 heavy (non-hydrogen) atoms. The minimum atomic E-state index is -0.379. The SMILES string of the molecule is CCNC[C@@H](CO)NC(=O)c1ccc(Nc2ncc3cc(C(=O)N(C)C)n(C4CCCC4)c3n2)nc1. The predicted octanol–water partition coefficient (Wildman–Crippen LogP) is 2.09. The molecule has 1 atom stereocenters. The van der Waals surface area contributed by atoms with Gasteiger partial charge < -0.3 is 30.5 Å². The maximum absolute atomic E-state index is 12.9. The number of aromatic nitrogens is 4. The molecule has 4 N–H and O–H groups in total. The quantitative estimate of drug-likeness (QED) is 0.336. The molecule has 11 heteroatoms. The molecule has 4 rings (SSSR count). The lowest BCUT2D eigenvalue weighted by Crippen LogP contribution is -2.44. The zero-order valence-electron chi connectivity index (χ0n) is 21.0. The number of rotatable bonds is 10. The lowest BCUT2D eigenvalue weighted by molar-refractivity contribution is 0.0815. The smallest absolute Gasteiger partial charge is 0.270 e. The number of aliphatic hydroxyl groups is 1. The highest BCUT2D eigenvalue weighted by atomic mass is 16.3. The topological polar surface area (TPSA) is 137 Å². The first kappa shape index (κ1) is 25.5. The fraction of sp³-hybridized carbons (Fsp3) is 0.480. The number of nitrogens with one attached hydrogen (secondary N) is 3. The second-order valence-corrected chi connectivity index (χ2v) is 9.23. The normalized spacial score (nSPS) is 14.7. The Bertz CT molecular complexity index is 1200. The third-order valence-electron chi connectivity index (χ3n) is 6.35. The van der Waals surface area contributed by atoms with E-state index in [4.69, 9.17) is 4.98 Å². The molecule has 1 aliphatic rings. The van der Waals surface area contributed by atoms with Gasteiger partial charge in [0.05, 0.1) is 18.2 Å². The molecule has 3 aromatic heterocycles. The molecule has 0 unspecified atom stereocenters. The molecule has 0 saturated heterocycles. The molecular formula is C25H34N8O3. The zero-order valence-corrected chi connectivity index (χ0v) is 21.0. The van der Waals surface area contributed by atoms with Crippen LogP contribution in [0.2, 0.25) is 0 Å². The van der Waals surface area contributed by atoms with Gasteiger partial charge in [-0.1, -0.05) is 19.8 Å². The van der Waals surface area contributed by atoms with Gasteiger partial charge in [-0.15, -0.1) is 0 Å². The van der Waals surface area contributed by atoms with Gasteiger partial charge in [-0.2, -0.15) is 4.98 Å². The molecule has 0 radical (unpaired) electrons. The van der Waals surface area contributed by atoms with Crippen molar-refractivity contribution in [3.8, 4) is 0 Å². The molecule has 0 spiro atoms. The molecule has 192 valence electrons. The number of carbonyl (C=O) groups is 2. The first-order valence-electron chi connectivity index (χ1n) is 12.4. The Morgan fingerprint density at radius 2 is 1.97 bits per heavy atom. The van der Waals surface area contributed by atoms with Crippen LogP contribution in [0, 0.1) is 0 Å². The van der Waals surface area contributed by atoms with E-state index in [0.29, 0.717) is 29.6 Å². The summed E-state index contributed by atoms with van der Waals surface area (Å²) >= 11 is 0. The van der Waals surface area contributed by atoms with Crippen LogP contribution in [0.4, 0.5) is 11.8 Å². The second-order valence-electron chi connectivity index (χ2n) is 9.23. The van der Waals surface area contributed by atoms with E-state index in [1.807, 2.05) is 13.0 Å². The van der Waals surface area contributed by atoms with Crippen molar-refractivity contribution >= 4 is 34.6 Å². The summed E-state index contributed by atoms with van der Waals surface area (Å²) in [5.41, 5.74) is 1.72. The lowest BCUT2D eigenvalue weighted by atomic mass is 10.2. The number of hydrogen-bond acceptors (Lipinski definition) is 8. The summed E-state index contributed by atoms with van der Waals surface area (Å²) < 4.78 is 2.06. The number of aliphatic hydroxyl groups excluding tert-OH is 1. The number of likely N-dealkylation sites (N-methyl/N-ethyl adjacent to an activating group) is 1. The minimum absolute atomic E-state index is 0.0566. The predicted molar refractivity (Wildman–Crippen MR) is 137 cm³/mol. The Labute approximate surface area is 210 Å². The number of nitrogens with zero attached hydrogens (tertiary/aromatic N) is 5. The number of hydrogen-bond donors (Lipinski definition) is 4. The van der Waals surface area contributed by atoms with Crippen molar-refractivity contribution < 1.29 is 14.7 Å². The maximum Gasteiger partial charge on any atom is 0.270 e. The number of pyridine rings is 1. The van der Waals surface area contributed by atoms with Crippen LogP contribution in [0.3, 0.4) is 0 Å². The number of carbonyl (C=O) groups excluding carboxylic acids is 2. The Morgan fingerprint density at radius 3 is 2.61 bits per heavy atom. The molecule has 11 nitrogen and oxygen atoms in total. The molecule has 1 fully saturated rings. The van der Waals surface area contributed by atoms with Crippen molar-refractivity contribution in [1.29, 1.82) is 0 Å². The summed E-state index contributed by atoms with van der Waals surface area (Å²) in [5, 5.41) is 19.3. The van der Waals surface area contributed by atoms with E-state index in [9.17, 15) is 14.7 Å². The molecule has 1 saturated carbocycles. The van der Waals surface area contributed by atoms with Crippen molar-refractivity contribution in [2.75, 3.05) is 39.1 Å². The molecule has 0 aromatic carbocycles. The molecule has 1 aliphatic carbocycles. The minimum Gasteiger partial charge on any atom is -0.394 e. The van der Waals surface area contributed by atoms with Crippen molar-refractivity contribution in [3.05, 3.63) is 41.9 Å². The summed E-state index contributed by atoms with van der Waals surface area (Å²) in [6.45, 7) is 3.04. The van der Waals surface area contributed by atoms with Crippen molar-refractivity contribution in [1.82, 2.24) is 35.1 Å². The number of fused-ring (bicyclic) bond motifs is 1. The lowest BCUT2D eigenvalue weighted by Gasteiger charge is -2.19. The molecule has 3 aromatic rings. The summed E-state index contributed by atoms with van der Waals surface area (Å²) in [7, 11) is 3.50. The second kappa shape index (κ2) is 11.4. The van der Waals surface area contributed by atoms with Gasteiger partial charge in [0.1, 0.15) is 17.2 Å².